The van der Waals surface area contributed by atoms with Crippen LogP contribution >= 0.6 is 0 Å². The van der Waals surface area contributed by atoms with Gasteiger partial charge in [-0.1, -0.05) is 43.5 Å². The molecular weight excluding hydrogens is 294 g/mol. The van der Waals surface area contributed by atoms with Gasteiger partial charge in [0, 0.05) is 0 Å². The fraction of sp³-hybridized carbons (Fsp3) is 0.611. The maximum Gasteiger partial charge on any atom is 0.344 e. The summed E-state index contributed by atoms with van der Waals surface area (Å²) in [7, 11) is 0. The van der Waals surface area contributed by atoms with Gasteiger partial charge in [-0.2, -0.15) is 4.91 Å². The highest BCUT2D eigenvalue weighted by molar-refractivity contribution is 5.72. The summed E-state index contributed by atoms with van der Waals surface area (Å²) in [5.74, 6) is -0.100. The molecule has 1 aromatic carbocycles. The molecule has 5 heteroatoms. The van der Waals surface area contributed by atoms with Crippen LogP contribution in [0.4, 0.5) is 0 Å². The minimum absolute atomic E-state index is 0.315. The van der Waals surface area contributed by atoms with E-state index in [0.29, 0.717) is 18.1 Å². The van der Waals surface area contributed by atoms with E-state index in [1.807, 2.05) is 19.1 Å². The van der Waals surface area contributed by atoms with Crippen molar-refractivity contribution in [2.75, 3.05) is 0 Å². The minimum Gasteiger partial charge on any atom is -0.479 e. The molecule has 2 unspecified atom stereocenters. The molecular formula is C18H25NO4. The van der Waals surface area contributed by atoms with E-state index in [9.17, 15) is 9.70 Å². The second-order valence-corrected chi connectivity index (χ2v) is 6.33. The number of carboxylic acids is 1. The van der Waals surface area contributed by atoms with Crippen molar-refractivity contribution in [3.63, 3.8) is 0 Å². The van der Waals surface area contributed by atoms with Crippen LogP contribution in [-0.4, -0.2) is 17.2 Å². The van der Waals surface area contributed by atoms with Gasteiger partial charge >= 0.3 is 5.97 Å². The summed E-state index contributed by atoms with van der Waals surface area (Å²) in [4.78, 5) is 22.4. The van der Waals surface area contributed by atoms with Crippen LogP contribution in [0.2, 0.25) is 0 Å². The van der Waals surface area contributed by atoms with E-state index in [2.05, 4.69) is 5.18 Å². The van der Waals surface area contributed by atoms with E-state index in [1.165, 1.54) is 6.42 Å². The Bertz CT molecular complexity index is 552. The summed E-state index contributed by atoms with van der Waals surface area (Å²) in [6.45, 7) is 3.65. The van der Waals surface area contributed by atoms with Crippen molar-refractivity contribution < 1.29 is 14.6 Å². The molecule has 0 heterocycles. The van der Waals surface area contributed by atoms with Crippen LogP contribution in [-0.2, 0) is 4.79 Å². The molecule has 126 valence electrons. The number of rotatable bonds is 7. The zero-order valence-electron chi connectivity index (χ0n) is 13.8. The van der Waals surface area contributed by atoms with Crippen molar-refractivity contribution in [2.45, 2.75) is 64.5 Å². The van der Waals surface area contributed by atoms with Gasteiger partial charge in [-0.05, 0) is 49.3 Å². The van der Waals surface area contributed by atoms with Gasteiger partial charge in [-0.15, -0.1) is 0 Å². The highest BCUT2D eigenvalue weighted by Gasteiger charge is 2.26. The highest BCUT2D eigenvalue weighted by Crippen LogP contribution is 2.38. The number of hydrogen-bond acceptors (Lipinski definition) is 4. The van der Waals surface area contributed by atoms with Crippen molar-refractivity contribution in [1.82, 2.24) is 0 Å². The van der Waals surface area contributed by atoms with E-state index in [1.54, 1.807) is 13.0 Å². The third-order valence-electron chi connectivity index (χ3n) is 4.67. The largest absolute Gasteiger partial charge is 0.479 e. The Balaban J connectivity index is 2.16. The molecule has 1 saturated carbocycles. The average Bonchev–Trinajstić information content (AvgIpc) is 2.55. The number of nitrogens with zero attached hydrogens (tertiary/aromatic N) is 1. The van der Waals surface area contributed by atoms with Gasteiger partial charge in [-0.25, -0.2) is 4.79 Å². The first kappa shape index (κ1) is 17.4. The van der Waals surface area contributed by atoms with Gasteiger partial charge in [-0.3, -0.25) is 0 Å². The van der Waals surface area contributed by atoms with E-state index >= 15 is 0 Å². The third kappa shape index (κ3) is 4.30. The maximum atomic E-state index is 11.4. The Kier molecular flexibility index (Phi) is 6.13. The van der Waals surface area contributed by atoms with Gasteiger partial charge in [0.1, 0.15) is 11.8 Å². The van der Waals surface area contributed by atoms with Crippen molar-refractivity contribution in [3.8, 4) is 5.75 Å². The molecule has 2 atom stereocenters. The Hall–Kier alpha value is -1.91. The molecule has 0 aliphatic heterocycles. The number of aliphatic carboxylic acids is 1. The van der Waals surface area contributed by atoms with Crippen LogP contribution in [0.1, 0.15) is 62.6 Å². The monoisotopic (exact) mass is 319 g/mol. The van der Waals surface area contributed by atoms with Crippen LogP contribution in [0.25, 0.3) is 0 Å². The first-order valence-corrected chi connectivity index (χ1v) is 8.39. The summed E-state index contributed by atoms with van der Waals surface area (Å²) in [5.41, 5.74) is 1.74. The maximum absolute atomic E-state index is 11.4. The smallest absolute Gasteiger partial charge is 0.344 e. The molecule has 1 fully saturated rings. The highest BCUT2D eigenvalue weighted by atomic mass is 16.5. The van der Waals surface area contributed by atoms with Crippen molar-refractivity contribution in [1.29, 1.82) is 0 Å². The molecule has 0 radical (unpaired) electrons. The summed E-state index contributed by atoms with van der Waals surface area (Å²) >= 11 is 0. The number of ether oxygens (including phenoxy) is 1. The molecule has 0 spiro atoms. The number of aryl methyl sites for hydroxylation is 1. The van der Waals surface area contributed by atoms with E-state index < -0.39 is 12.1 Å². The summed E-state index contributed by atoms with van der Waals surface area (Å²) < 4.78 is 5.56. The van der Waals surface area contributed by atoms with Crippen molar-refractivity contribution in [3.05, 3.63) is 34.2 Å². The molecule has 0 bridgehead atoms. The van der Waals surface area contributed by atoms with Crippen molar-refractivity contribution in [2.24, 2.45) is 11.1 Å². The fourth-order valence-electron chi connectivity index (χ4n) is 3.32. The van der Waals surface area contributed by atoms with Gasteiger partial charge in [0.25, 0.3) is 0 Å². The zero-order valence-corrected chi connectivity index (χ0v) is 13.8. The fourth-order valence-corrected chi connectivity index (χ4v) is 3.32. The number of carbonyl (C=O) groups is 1. The lowest BCUT2D eigenvalue weighted by atomic mass is 9.81. The second kappa shape index (κ2) is 8.09. The molecule has 5 nitrogen and oxygen atoms in total. The molecule has 23 heavy (non-hydrogen) atoms. The normalized spacial score (nSPS) is 18.2. The number of benzene rings is 1. The van der Waals surface area contributed by atoms with Crippen LogP contribution in [0.5, 0.6) is 5.75 Å². The predicted octanol–water partition coefficient (Wildman–Crippen LogP) is 4.62. The zero-order chi connectivity index (χ0) is 16.8. The van der Waals surface area contributed by atoms with Crippen LogP contribution in [0.15, 0.2) is 23.4 Å². The molecule has 0 aromatic heterocycles. The van der Waals surface area contributed by atoms with E-state index in [4.69, 9.17) is 9.84 Å². The second-order valence-electron chi connectivity index (χ2n) is 6.33. The van der Waals surface area contributed by atoms with Gasteiger partial charge < -0.3 is 9.84 Å². The topological polar surface area (TPSA) is 76.0 Å². The number of nitroso groups, excluding NO2 is 1. The molecule has 2 rings (SSSR count). The lowest BCUT2D eigenvalue weighted by Gasteiger charge is -2.26. The lowest BCUT2D eigenvalue weighted by molar-refractivity contribution is -0.145. The summed E-state index contributed by atoms with van der Waals surface area (Å²) in [5, 5.41) is 12.5. The molecule has 0 saturated heterocycles. The Morgan fingerprint density at radius 3 is 2.57 bits per heavy atom. The van der Waals surface area contributed by atoms with E-state index in [0.717, 1.165) is 36.8 Å². The summed E-state index contributed by atoms with van der Waals surface area (Å²) in [6, 6.07) is 5.20. The lowest BCUT2D eigenvalue weighted by Crippen LogP contribution is -2.26. The van der Waals surface area contributed by atoms with Gasteiger partial charge in [0.05, 0.1) is 0 Å². The van der Waals surface area contributed by atoms with Gasteiger partial charge in [0.15, 0.2) is 6.10 Å². The Morgan fingerprint density at radius 1 is 1.35 bits per heavy atom. The standard InChI is InChI=1S/C18H25NO4/c1-3-15(18(20)21)23-16-10-9-14(11-12(16)2)17(19-22)13-7-5-4-6-8-13/h9-11,13,15,17H,3-8H2,1-2H3,(H,20,21). The Labute approximate surface area is 137 Å². The average molecular weight is 319 g/mol. The van der Waals surface area contributed by atoms with Gasteiger partial charge in [0.2, 0.25) is 0 Å². The molecule has 1 aliphatic rings. The SMILES string of the molecule is CCC(Oc1ccc(C(N=O)C2CCCCC2)cc1C)C(=O)O. The third-order valence-corrected chi connectivity index (χ3v) is 4.67. The first-order chi connectivity index (χ1) is 11.1. The number of carboxylic acid groups (broad SMARTS) is 1. The molecule has 1 aromatic rings. The molecule has 1 N–H and O–H groups in total. The van der Waals surface area contributed by atoms with Crippen molar-refractivity contribution >= 4 is 5.97 Å². The van der Waals surface area contributed by atoms with Crippen LogP contribution < -0.4 is 4.74 Å². The predicted molar refractivity (Wildman–Crippen MR) is 88.6 cm³/mol. The van der Waals surface area contributed by atoms with Crippen LogP contribution in [0, 0.1) is 17.7 Å². The molecule has 1 aliphatic carbocycles. The minimum atomic E-state index is -0.967. The number of hydrogen-bond donors (Lipinski definition) is 1. The van der Waals surface area contributed by atoms with E-state index in [-0.39, 0.29) is 6.04 Å². The summed E-state index contributed by atoms with van der Waals surface area (Å²) in [6.07, 6.45) is 5.20. The Morgan fingerprint density at radius 2 is 2.04 bits per heavy atom. The molecule has 0 amide bonds. The first-order valence-electron chi connectivity index (χ1n) is 8.39. The quantitative estimate of drug-likeness (QED) is 0.744. The van der Waals surface area contributed by atoms with Crippen LogP contribution in [0.3, 0.4) is 0 Å².